The smallest absolute Gasteiger partial charge is 0.166 e. The van der Waals surface area contributed by atoms with Crippen molar-refractivity contribution >= 4 is 5.78 Å². The van der Waals surface area contributed by atoms with Gasteiger partial charge in [-0.3, -0.25) is 4.79 Å². The molecular formula is C5H7FO. The highest BCUT2D eigenvalue weighted by molar-refractivity contribution is 5.84. The van der Waals surface area contributed by atoms with Crippen LogP contribution in [0.15, 0.2) is 0 Å². The van der Waals surface area contributed by atoms with Crippen molar-refractivity contribution in [2.75, 3.05) is 6.67 Å². The molecule has 0 amide bonds. The molecule has 0 saturated heterocycles. The highest BCUT2D eigenvalue weighted by Crippen LogP contribution is 2.29. The van der Waals surface area contributed by atoms with Crippen molar-refractivity contribution in [1.29, 1.82) is 0 Å². The average molecular weight is 102 g/mol. The van der Waals surface area contributed by atoms with Gasteiger partial charge in [-0.25, -0.2) is 4.39 Å². The summed E-state index contributed by atoms with van der Waals surface area (Å²) in [6, 6.07) is 0. The van der Waals surface area contributed by atoms with Gasteiger partial charge in [0.15, 0.2) is 5.78 Å². The highest BCUT2D eigenvalue weighted by Gasteiger charge is 2.28. The SMILES string of the molecule is O=C(CF)C1CC1. The first-order chi connectivity index (χ1) is 3.34. The van der Waals surface area contributed by atoms with Gasteiger partial charge in [0.05, 0.1) is 0 Å². The predicted molar refractivity (Wildman–Crippen MR) is 23.7 cm³/mol. The van der Waals surface area contributed by atoms with E-state index in [1.807, 2.05) is 0 Å². The molecule has 7 heavy (non-hydrogen) atoms. The lowest BCUT2D eigenvalue weighted by atomic mass is 10.3. The van der Waals surface area contributed by atoms with Crippen LogP contribution in [0.25, 0.3) is 0 Å². The minimum absolute atomic E-state index is 0.102. The molecule has 0 unspecified atom stereocenters. The molecule has 0 radical (unpaired) electrons. The van der Waals surface area contributed by atoms with Gasteiger partial charge in [0.1, 0.15) is 6.67 Å². The summed E-state index contributed by atoms with van der Waals surface area (Å²) in [5.41, 5.74) is 0. The van der Waals surface area contributed by atoms with Crippen molar-refractivity contribution < 1.29 is 9.18 Å². The Morgan fingerprint density at radius 3 is 2.43 bits per heavy atom. The van der Waals surface area contributed by atoms with E-state index in [9.17, 15) is 9.18 Å². The number of halogens is 1. The summed E-state index contributed by atoms with van der Waals surface area (Å²) in [5.74, 6) is -0.106. The average Bonchev–Trinajstić information content (AvgIpc) is 2.44. The molecule has 40 valence electrons. The maximum absolute atomic E-state index is 11.3. The lowest BCUT2D eigenvalue weighted by Crippen LogP contribution is -2.00. The fourth-order valence-corrected chi connectivity index (χ4v) is 0.514. The zero-order valence-corrected chi connectivity index (χ0v) is 3.98. The number of alkyl halides is 1. The first-order valence-corrected chi connectivity index (χ1v) is 2.43. The van der Waals surface area contributed by atoms with Crippen molar-refractivity contribution in [2.45, 2.75) is 12.8 Å². The van der Waals surface area contributed by atoms with E-state index in [1.165, 1.54) is 0 Å². The van der Waals surface area contributed by atoms with Gasteiger partial charge in [0.2, 0.25) is 0 Å². The topological polar surface area (TPSA) is 17.1 Å². The van der Waals surface area contributed by atoms with Crippen molar-refractivity contribution in [3.63, 3.8) is 0 Å². The summed E-state index contributed by atoms with van der Waals surface area (Å²) in [4.78, 5) is 10.2. The monoisotopic (exact) mass is 102 g/mol. The van der Waals surface area contributed by atoms with E-state index < -0.39 is 6.67 Å². The van der Waals surface area contributed by atoms with Gasteiger partial charge in [0, 0.05) is 5.92 Å². The fraction of sp³-hybridized carbons (Fsp3) is 0.800. The van der Waals surface area contributed by atoms with Crippen LogP contribution in [-0.2, 0) is 4.79 Å². The molecule has 0 N–H and O–H groups in total. The summed E-state index contributed by atoms with van der Waals surface area (Å²) in [7, 11) is 0. The fourth-order valence-electron chi connectivity index (χ4n) is 0.514. The van der Waals surface area contributed by atoms with Gasteiger partial charge >= 0.3 is 0 Å². The first kappa shape index (κ1) is 4.75. The van der Waals surface area contributed by atoms with Crippen molar-refractivity contribution in [1.82, 2.24) is 0 Å². The molecule has 2 heteroatoms. The largest absolute Gasteiger partial charge is 0.296 e. The molecule has 0 heterocycles. The number of rotatable bonds is 2. The Balaban J connectivity index is 2.24. The summed E-state index contributed by atoms with van der Waals surface area (Å²) in [6.07, 6.45) is 1.84. The van der Waals surface area contributed by atoms with E-state index in [0.717, 1.165) is 12.8 Å². The van der Waals surface area contributed by atoms with E-state index in [-0.39, 0.29) is 11.7 Å². The molecule has 0 aromatic heterocycles. The number of Topliss-reactive ketones (excluding diaryl/α,β-unsaturated/α-hetero) is 1. The van der Waals surface area contributed by atoms with Crippen LogP contribution in [-0.4, -0.2) is 12.5 Å². The molecule has 1 rings (SSSR count). The second kappa shape index (κ2) is 1.60. The molecule has 1 aliphatic rings. The second-order valence-electron chi connectivity index (χ2n) is 1.87. The number of hydrogen-bond acceptors (Lipinski definition) is 1. The van der Waals surface area contributed by atoms with Crippen molar-refractivity contribution in [3.8, 4) is 0 Å². The lowest BCUT2D eigenvalue weighted by Gasteiger charge is -1.81. The van der Waals surface area contributed by atoms with Gasteiger partial charge in [0.25, 0.3) is 0 Å². The summed E-state index contributed by atoms with van der Waals surface area (Å²) in [6.45, 7) is -0.759. The summed E-state index contributed by atoms with van der Waals surface area (Å²) in [5, 5.41) is 0. The number of carbonyl (C=O) groups excluding carboxylic acids is 1. The van der Waals surface area contributed by atoms with Crippen LogP contribution in [0.5, 0.6) is 0 Å². The molecule has 0 aromatic rings. The van der Waals surface area contributed by atoms with Gasteiger partial charge in [-0.15, -0.1) is 0 Å². The van der Waals surface area contributed by atoms with E-state index in [0.29, 0.717) is 0 Å². The quantitative estimate of drug-likeness (QED) is 0.507. The van der Waals surface area contributed by atoms with Crippen molar-refractivity contribution in [3.05, 3.63) is 0 Å². The predicted octanol–water partition coefficient (Wildman–Crippen LogP) is 0.935. The van der Waals surface area contributed by atoms with E-state index in [4.69, 9.17) is 0 Å². The number of carbonyl (C=O) groups is 1. The van der Waals surface area contributed by atoms with E-state index in [2.05, 4.69) is 0 Å². The van der Waals surface area contributed by atoms with Crippen molar-refractivity contribution in [2.24, 2.45) is 5.92 Å². The molecule has 1 nitrogen and oxygen atoms in total. The first-order valence-electron chi connectivity index (χ1n) is 2.43. The third-order valence-corrected chi connectivity index (χ3v) is 1.16. The maximum Gasteiger partial charge on any atom is 0.166 e. The Labute approximate surface area is 41.5 Å². The molecule has 1 aliphatic carbocycles. The maximum atomic E-state index is 11.3. The Bertz CT molecular complexity index is 86.1. The molecule has 0 atom stereocenters. The molecule has 1 saturated carbocycles. The molecule has 0 aromatic carbocycles. The van der Waals surface area contributed by atoms with Crippen LogP contribution < -0.4 is 0 Å². The summed E-state index contributed by atoms with van der Waals surface area (Å²) >= 11 is 0. The number of hydrogen-bond donors (Lipinski definition) is 0. The normalized spacial score (nSPS) is 19.6. The molecular weight excluding hydrogens is 95.1 g/mol. The Kier molecular flexibility index (Phi) is 1.09. The highest BCUT2D eigenvalue weighted by atomic mass is 19.1. The van der Waals surface area contributed by atoms with Gasteiger partial charge in [-0.05, 0) is 12.8 Å². The van der Waals surface area contributed by atoms with Crippen LogP contribution in [0.1, 0.15) is 12.8 Å². The minimum Gasteiger partial charge on any atom is -0.296 e. The third kappa shape index (κ3) is 0.981. The van der Waals surface area contributed by atoms with Crippen LogP contribution >= 0.6 is 0 Å². The zero-order valence-electron chi connectivity index (χ0n) is 3.98. The van der Waals surface area contributed by atoms with Gasteiger partial charge in [-0.2, -0.15) is 0 Å². The van der Waals surface area contributed by atoms with Crippen LogP contribution in [0.2, 0.25) is 0 Å². The Morgan fingerprint density at radius 1 is 1.71 bits per heavy atom. The lowest BCUT2D eigenvalue weighted by molar-refractivity contribution is -0.121. The standard InChI is InChI=1S/C5H7FO/c6-3-5(7)4-1-2-4/h4H,1-3H2. The van der Waals surface area contributed by atoms with E-state index >= 15 is 0 Å². The van der Waals surface area contributed by atoms with E-state index in [1.54, 1.807) is 0 Å². The summed E-state index contributed by atoms with van der Waals surface area (Å²) < 4.78 is 11.3. The molecule has 0 aliphatic heterocycles. The van der Waals surface area contributed by atoms with Crippen LogP contribution in [0.4, 0.5) is 4.39 Å². The Hall–Kier alpha value is -0.400. The third-order valence-electron chi connectivity index (χ3n) is 1.16. The second-order valence-corrected chi connectivity index (χ2v) is 1.87. The zero-order chi connectivity index (χ0) is 5.28. The molecule has 0 spiro atoms. The molecule has 0 bridgehead atoms. The van der Waals surface area contributed by atoms with Gasteiger partial charge in [-0.1, -0.05) is 0 Å². The van der Waals surface area contributed by atoms with Crippen LogP contribution in [0.3, 0.4) is 0 Å². The van der Waals surface area contributed by atoms with Crippen LogP contribution in [0, 0.1) is 5.92 Å². The van der Waals surface area contributed by atoms with Gasteiger partial charge < -0.3 is 0 Å². The number of ketones is 1. The minimum atomic E-state index is -0.759. The molecule has 1 fully saturated rings. The Morgan fingerprint density at radius 2 is 2.29 bits per heavy atom.